The molecule has 0 spiro atoms. The molecule has 0 saturated heterocycles. The highest BCUT2D eigenvalue weighted by atomic mass is 35.5. The lowest BCUT2D eigenvalue weighted by molar-refractivity contribution is -0.147. The summed E-state index contributed by atoms with van der Waals surface area (Å²) in [6.07, 6.45) is -4.53. The van der Waals surface area contributed by atoms with Crippen molar-refractivity contribution < 1.29 is 13.2 Å². The highest BCUT2D eigenvalue weighted by molar-refractivity contribution is 6.28. The van der Waals surface area contributed by atoms with Crippen molar-refractivity contribution in [3.63, 3.8) is 0 Å². The van der Waals surface area contributed by atoms with Crippen molar-refractivity contribution in [1.29, 1.82) is 0 Å². The van der Waals surface area contributed by atoms with Gasteiger partial charge in [0.15, 0.2) is 5.82 Å². The van der Waals surface area contributed by atoms with Gasteiger partial charge in [0, 0.05) is 13.1 Å². The first-order valence-electron chi connectivity index (χ1n) is 5.76. The van der Waals surface area contributed by atoms with Gasteiger partial charge in [0.1, 0.15) is 0 Å². The van der Waals surface area contributed by atoms with E-state index in [9.17, 15) is 13.2 Å². The summed E-state index contributed by atoms with van der Waals surface area (Å²) in [6, 6.07) is 0. The van der Waals surface area contributed by atoms with Gasteiger partial charge in [-0.15, -0.1) is 10.2 Å². The fraction of sp³-hybridized carbons (Fsp3) is 0.444. The first-order chi connectivity index (χ1) is 9.84. The Labute approximate surface area is 120 Å². The maximum absolute atomic E-state index is 12.7. The summed E-state index contributed by atoms with van der Waals surface area (Å²) in [7, 11) is 0. The zero-order valence-corrected chi connectivity index (χ0v) is 11.1. The molecule has 0 aromatic carbocycles. The fourth-order valence-electron chi connectivity index (χ4n) is 2.03. The number of nitrogens with zero attached hydrogens (tertiary/aromatic N) is 7. The normalized spacial score (nSPS) is 15.1. The Bertz CT molecular complexity index is 664. The predicted octanol–water partition coefficient (Wildman–Crippen LogP) is 0.738. The van der Waals surface area contributed by atoms with Crippen LogP contribution in [0.5, 0.6) is 0 Å². The van der Waals surface area contributed by atoms with Crippen LogP contribution in [-0.4, -0.2) is 36.3 Å². The second-order valence-corrected chi connectivity index (χ2v) is 4.61. The van der Waals surface area contributed by atoms with Gasteiger partial charge in [-0.05, 0) is 11.6 Å². The summed E-state index contributed by atoms with van der Waals surface area (Å²) in [5.74, 6) is -0.711. The molecule has 3 rings (SSSR count). The van der Waals surface area contributed by atoms with Crippen LogP contribution >= 0.6 is 11.6 Å². The van der Waals surface area contributed by atoms with E-state index in [2.05, 4.69) is 25.1 Å². The molecule has 3 heterocycles. The molecule has 21 heavy (non-hydrogen) atoms. The molecule has 2 aromatic rings. The molecule has 0 radical (unpaired) electrons. The largest absolute Gasteiger partial charge is 0.451 e. The smallest absolute Gasteiger partial charge is 0.368 e. The third-order valence-electron chi connectivity index (χ3n) is 2.90. The third-order valence-corrected chi connectivity index (χ3v) is 3.07. The van der Waals surface area contributed by atoms with E-state index in [0.29, 0.717) is 0 Å². The molecule has 2 N–H and O–H groups in total. The zero-order chi connectivity index (χ0) is 15.2. The second-order valence-electron chi connectivity index (χ2n) is 4.27. The average molecular weight is 321 g/mol. The number of hydrogen-bond acceptors (Lipinski definition) is 7. The maximum Gasteiger partial charge on any atom is 0.451 e. The molecule has 2 aromatic heterocycles. The lowest BCUT2D eigenvalue weighted by Crippen LogP contribution is -2.36. The number of nitrogens with two attached hydrogens (primary N) is 1. The molecule has 0 saturated carbocycles. The van der Waals surface area contributed by atoms with Gasteiger partial charge in [-0.1, -0.05) is 0 Å². The van der Waals surface area contributed by atoms with Crippen LogP contribution in [0.1, 0.15) is 11.6 Å². The van der Waals surface area contributed by atoms with Gasteiger partial charge in [0.2, 0.25) is 23.0 Å². The Morgan fingerprint density at radius 2 is 1.86 bits per heavy atom. The average Bonchev–Trinajstić information content (AvgIpc) is 2.80. The number of anilines is 2. The second kappa shape index (κ2) is 4.69. The first kappa shape index (κ1) is 13.8. The van der Waals surface area contributed by atoms with Gasteiger partial charge in [-0.25, -0.2) is 0 Å². The van der Waals surface area contributed by atoms with Crippen molar-refractivity contribution in [2.75, 3.05) is 17.2 Å². The first-order valence-corrected chi connectivity index (χ1v) is 6.13. The van der Waals surface area contributed by atoms with E-state index in [4.69, 9.17) is 17.3 Å². The summed E-state index contributed by atoms with van der Waals surface area (Å²) in [5.41, 5.74) is 5.47. The molecule has 0 atom stereocenters. The van der Waals surface area contributed by atoms with E-state index in [1.165, 1.54) is 0 Å². The minimum atomic E-state index is -4.53. The summed E-state index contributed by atoms with van der Waals surface area (Å²) < 4.78 is 39.2. The molecular weight excluding hydrogens is 313 g/mol. The number of alkyl halides is 3. The molecule has 0 fully saturated rings. The number of aromatic nitrogens is 6. The van der Waals surface area contributed by atoms with Crippen LogP contribution in [-0.2, 0) is 19.3 Å². The van der Waals surface area contributed by atoms with Crippen LogP contribution in [0.25, 0.3) is 0 Å². The standard InChI is InChI=1S/C9H8ClF3N8/c10-6-15-7(14)17-8(16-6)20-1-2-21-4(3-20)18-19-5(21)9(11,12)13/h1-3H2,(H2,14,15,16,17). The van der Waals surface area contributed by atoms with E-state index < -0.39 is 12.0 Å². The van der Waals surface area contributed by atoms with E-state index in [0.717, 1.165) is 4.57 Å². The predicted molar refractivity (Wildman–Crippen MR) is 65.3 cm³/mol. The number of halogens is 4. The lowest BCUT2D eigenvalue weighted by atomic mass is 10.3. The quantitative estimate of drug-likeness (QED) is 0.827. The topological polar surface area (TPSA) is 98.6 Å². The molecule has 12 heteroatoms. The van der Waals surface area contributed by atoms with Crippen LogP contribution in [0.3, 0.4) is 0 Å². The Hall–Kier alpha value is -2.17. The molecule has 0 amide bonds. The Kier molecular flexibility index (Phi) is 3.08. The highest BCUT2D eigenvalue weighted by Gasteiger charge is 2.39. The van der Waals surface area contributed by atoms with Crippen LogP contribution in [0.4, 0.5) is 25.1 Å². The minimum absolute atomic E-state index is 0.0559. The van der Waals surface area contributed by atoms with Crippen molar-refractivity contribution in [3.05, 3.63) is 16.9 Å². The van der Waals surface area contributed by atoms with Gasteiger partial charge < -0.3 is 15.2 Å². The minimum Gasteiger partial charge on any atom is -0.368 e. The van der Waals surface area contributed by atoms with E-state index >= 15 is 0 Å². The summed E-state index contributed by atoms with van der Waals surface area (Å²) >= 11 is 5.68. The van der Waals surface area contributed by atoms with Crippen LogP contribution < -0.4 is 10.6 Å². The third kappa shape index (κ3) is 2.55. The Balaban J connectivity index is 1.90. The SMILES string of the molecule is Nc1nc(Cl)nc(N2CCn3c(nnc3C(F)(F)F)C2)n1. The molecule has 1 aliphatic heterocycles. The van der Waals surface area contributed by atoms with Crippen molar-refractivity contribution >= 4 is 23.5 Å². The number of rotatable bonds is 1. The maximum atomic E-state index is 12.7. The lowest BCUT2D eigenvalue weighted by Gasteiger charge is -2.27. The molecule has 8 nitrogen and oxygen atoms in total. The van der Waals surface area contributed by atoms with E-state index in [-0.39, 0.29) is 42.6 Å². The van der Waals surface area contributed by atoms with Crippen molar-refractivity contribution in [3.8, 4) is 0 Å². The van der Waals surface area contributed by atoms with Crippen LogP contribution in [0.2, 0.25) is 5.28 Å². The van der Waals surface area contributed by atoms with Gasteiger partial charge in [-0.2, -0.15) is 28.1 Å². The van der Waals surface area contributed by atoms with Crippen molar-refractivity contribution in [2.45, 2.75) is 19.3 Å². The van der Waals surface area contributed by atoms with Crippen molar-refractivity contribution in [2.24, 2.45) is 0 Å². The molecule has 1 aliphatic rings. The molecule has 0 aliphatic carbocycles. The summed E-state index contributed by atoms with van der Waals surface area (Å²) in [4.78, 5) is 13.0. The van der Waals surface area contributed by atoms with Gasteiger partial charge in [0.25, 0.3) is 0 Å². The fourth-order valence-corrected chi connectivity index (χ4v) is 2.20. The van der Waals surface area contributed by atoms with Crippen molar-refractivity contribution in [1.82, 2.24) is 29.7 Å². The van der Waals surface area contributed by atoms with E-state index in [1.54, 1.807) is 4.90 Å². The van der Waals surface area contributed by atoms with E-state index in [1.807, 2.05) is 0 Å². The number of fused-ring (bicyclic) bond motifs is 1. The van der Waals surface area contributed by atoms with Gasteiger partial charge >= 0.3 is 6.18 Å². The highest BCUT2D eigenvalue weighted by Crippen LogP contribution is 2.30. The monoisotopic (exact) mass is 320 g/mol. The molecule has 112 valence electrons. The Morgan fingerprint density at radius 1 is 1.10 bits per heavy atom. The van der Waals surface area contributed by atoms with Gasteiger partial charge in [0.05, 0.1) is 6.54 Å². The molecule has 0 unspecified atom stereocenters. The number of hydrogen-bond donors (Lipinski definition) is 1. The molecule has 0 bridgehead atoms. The molecular formula is C9H8ClF3N8. The number of nitrogen functional groups attached to an aromatic ring is 1. The Morgan fingerprint density at radius 3 is 2.52 bits per heavy atom. The van der Waals surface area contributed by atoms with Gasteiger partial charge in [-0.3, -0.25) is 0 Å². The summed E-state index contributed by atoms with van der Waals surface area (Å²) in [5, 5.41) is 6.67. The summed E-state index contributed by atoms with van der Waals surface area (Å²) in [6.45, 7) is 0.372. The van der Waals surface area contributed by atoms with Crippen LogP contribution in [0, 0.1) is 0 Å². The van der Waals surface area contributed by atoms with Crippen LogP contribution in [0.15, 0.2) is 0 Å². The zero-order valence-electron chi connectivity index (χ0n) is 10.3.